The number of nitrogens with one attached hydrogen (secondary N) is 1. The maximum absolute atomic E-state index is 4.24. The second-order valence-corrected chi connectivity index (χ2v) is 6.19. The largest absolute Gasteiger partial charge is 0.380 e. The fraction of sp³-hybridized carbons (Fsp3) is 0.643. The lowest BCUT2D eigenvalue weighted by atomic mass is 9.95. The standard InChI is InChI=1S/C14H23BrN2/c1-10(2)8-12(9-11(3)4)17-13-6-5-7-16-14(13)15/h5-7,10-12,17H,8-9H2,1-4H3. The Morgan fingerprint density at radius 3 is 2.24 bits per heavy atom. The first-order valence-electron chi connectivity index (χ1n) is 6.36. The number of halogens is 1. The van der Waals surface area contributed by atoms with Gasteiger partial charge in [0.1, 0.15) is 4.60 Å². The summed E-state index contributed by atoms with van der Waals surface area (Å²) in [6.07, 6.45) is 4.19. The van der Waals surface area contributed by atoms with Crippen LogP contribution in [0.5, 0.6) is 0 Å². The molecule has 0 aromatic carbocycles. The summed E-state index contributed by atoms with van der Waals surface area (Å²) in [5, 5.41) is 3.60. The van der Waals surface area contributed by atoms with E-state index in [1.807, 2.05) is 6.07 Å². The van der Waals surface area contributed by atoms with Crippen molar-refractivity contribution >= 4 is 21.6 Å². The van der Waals surface area contributed by atoms with Crippen molar-refractivity contribution in [3.05, 3.63) is 22.9 Å². The molecule has 0 saturated heterocycles. The Morgan fingerprint density at radius 2 is 1.76 bits per heavy atom. The summed E-state index contributed by atoms with van der Waals surface area (Å²) < 4.78 is 0.900. The van der Waals surface area contributed by atoms with Crippen molar-refractivity contribution in [2.75, 3.05) is 5.32 Å². The van der Waals surface area contributed by atoms with Gasteiger partial charge in [0.05, 0.1) is 5.69 Å². The Hall–Kier alpha value is -0.570. The quantitative estimate of drug-likeness (QED) is 0.769. The summed E-state index contributed by atoms with van der Waals surface area (Å²) in [5.41, 5.74) is 1.10. The van der Waals surface area contributed by atoms with Gasteiger partial charge in [0.2, 0.25) is 0 Å². The summed E-state index contributed by atoms with van der Waals surface area (Å²) >= 11 is 3.48. The van der Waals surface area contributed by atoms with Gasteiger partial charge in [-0.1, -0.05) is 27.7 Å². The van der Waals surface area contributed by atoms with E-state index in [-0.39, 0.29) is 0 Å². The minimum Gasteiger partial charge on any atom is -0.380 e. The number of rotatable bonds is 6. The summed E-state index contributed by atoms with van der Waals surface area (Å²) in [6, 6.07) is 4.56. The molecule has 0 fully saturated rings. The molecule has 1 rings (SSSR count). The van der Waals surface area contributed by atoms with E-state index < -0.39 is 0 Å². The first-order chi connectivity index (χ1) is 7.99. The first-order valence-corrected chi connectivity index (χ1v) is 7.15. The van der Waals surface area contributed by atoms with Crippen LogP contribution >= 0.6 is 15.9 Å². The van der Waals surface area contributed by atoms with E-state index >= 15 is 0 Å². The maximum atomic E-state index is 4.24. The lowest BCUT2D eigenvalue weighted by Crippen LogP contribution is -2.23. The van der Waals surface area contributed by atoms with Gasteiger partial charge in [0.15, 0.2) is 0 Å². The second kappa shape index (κ2) is 7.00. The van der Waals surface area contributed by atoms with Gasteiger partial charge in [-0.25, -0.2) is 4.98 Å². The highest BCUT2D eigenvalue weighted by Crippen LogP contribution is 2.23. The predicted molar refractivity (Wildman–Crippen MR) is 78.3 cm³/mol. The van der Waals surface area contributed by atoms with Crippen molar-refractivity contribution in [2.24, 2.45) is 11.8 Å². The molecular formula is C14H23BrN2. The van der Waals surface area contributed by atoms with Crippen molar-refractivity contribution in [3.8, 4) is 0 Å². The fourth-order valence-electron chi connectivity index (χ4n) is 2.07. The molecule has 1 N–H and O–H groups in total. The Balaban J connectivity index is 2.68. The van der Waals surface area contributed by atoms with Gasteiger partial charge >= 0.3 is 0 Å². The Kier molecular flexibility index (Phi) is 5.96. The van der Waals surface area contributed by atoms with Crippen LogP contribution in [-0.2, 0) is 0 Å². The Labute approximate surface area is 113 Å². The first kappa shape index (κ1) is 14.5. The molecule has 1 aromatic rings. The highest BCUT2D eigenvalue weighted by molar-refractivity contribution is 9.10. The molecule has 0 aliphatic carbocycles. The topological polar surface area (TPSA) is 24.9 Å². The van der Waals surface area contributed by atoms with Crippen LogP contribution in [0.15, 0.2) is 22.9 Å². The van der Waals surface area contributed by atoms with Crippen molar-refractivity contribution in [2.45, 2.75) is 46.6 Å². The zero-order valence-corrected chi connectivity index (χ0v) is 12.8. The number of anilines is 1. The van der Waals surface area contributed by atoms with Crippen molar-refractivity contribution in [1.29, 1.82) is 0 Å². The molecule has 0 amide bonds. The molecule has 17 heavy (non-hydrogen) atoms. The fourth-order valence-corrected chi connectivity index (χ4v) is 2.43. The Morgan fingerprint density at radius 1 is 1.18 bits per heavy atom. The lowest BCUT2D eigenvalue weighted by Gasteiger charge is -2.23. The van der Waals surface area contributed by atoms with Gasteiger partial charge in [-0.2, -0.15) is 0 Å². The number of hydrogen-bond donors (Lipinski definition) is 1. The molecule has 0 atom stereocenters. The van der Waals surface area contributed by atoms with Crippen molar-refractivity contribution in [1.82, 2.24) is 4.98 Å². The van der Waals surface area contributed by atoms with E-state index in [2.05, 4.69) is 60.0 Å². The SMILES string of the molecule is CC(C)CC(CC(C)C)Nc1cccnc1Br. The van der Waals surface area contributed by atoms with Crippen LogP contribution in [-0.4, -0.2) is 11.0 Å². The third-order valence-corrected chi connectivity index (χ3v) is 3.26. The van der Waals surface area contributed by atoms with Crippen LogP contribution in [0.25, 0.3) is 0 Å². The smallest absolute Gasteiger partial charge is 0.129 e. The van der Waals surface area contributed by atoms with Gasteiger partial charge in [-0.05, 0) is 52.7 Å². The molecule has 0 aliphatic rings. The van der Waals surface area contributed by atoms with E-state index in [4.69, 9.17) is 0 Å². The van der Waals surface area contributed by atoms with Gasteiger partial charge in [-0.3, -0.25) is 0 Å². The van der Waals surface area contributed by atoms with E-state index in [0.717, 1.165) is 10.3 Å². The van der Waals surface area contributed by atoms with Gasteiger partial charge < -0.3 is 5.32 Å². The summed E-state index contributed by atoms with van der Waals surface area (Å²) in [6.45, 7) is 9.08. The van der Waals surface area contributed by atoms with Crippen molar-refractivity contribution < 1.29 is 0 Å². The van der Waals surface area contributed by atoms with Crippen molar-refractivity contribution in [3.63, 3.8) is 0 Å². The van der Waals surface area contributed by atoms with Crippen LogP contribution < -0.4 is 5.32 Å². The van der Waals surface area contributed by atoms with Crippen LogP contribution in [0.4, 0.5) is 5.69 Å². The third-order valence-electron chi connectivity index (χ3n) is 2.63. The van der Waals surface area contributed by atoms with Gasteiger partial charge in [0.25, 0.3) is 0 Å². The van der Waals surface area contributed by atoms with E-state index in [0.29, 0.717) is 17.9 Å². The number of aromatic nitrogens is 1. The Bertz CT molecular complexity index is 327. The van der Waals surface area contributed by atoms with E-state index in [9.17, 15) is 0 Å². The zero-order chi connectivity index (χ0) is 12.8. The molecule has 3 heteroatoms. The molecule has 0 aliphatic heterocycles. The monoisotopic (exact) mass is 298 g/mol. The molecule has 0 spiro atoms. The number of pyridine rings is 1. The second-order valence-electron chi connectivity index (χ2n) is 5.44. The molecular weight excluding hydrogens is 276 g/mol. The number of hydrogen-bond acceptors (Lipinski definition) is 2. The lowest BCUT2D eigenvalue weighted by molar-refractivity contribution is 0.442. The molecule has 1 aromatic heterocycles. The summed E-state index contributed by atoms with van der Waals surface area (Å²) in [7, 11) is 0. The third kappa shape index (κ3) is 5.53. The minimum atomic E-state index is 0.524. The van der Waals surface area contributed by atoms with Crippen LogP contribution in [0, 0.1) is 11.8 Å². The molecule has 0 bridgehead atoms. The van der Waals surface area contributed by atoms with Crippen LogP contribution in [0.1, 0.15) is 40.5 Å². The van der Waals surface area contributed by atoms with E-state index in [1.54, 1.807) is 6.20 Å². The summed E-state index contributed by atoms with van der Waals surface area (Å²) in [4.78, 5) is 4.24. The van der Waals surface area contributed by atoms with E-state index in [1.165, 1.54) is 12.8 Å². The van der Waals surface area contributed by atoms with Gasteiger partial charge in [0, 0.05) is 12.2 Å². The predicted octanol–water partition coefficient (Wildman–Crippen LogP) is 4.72. The molecule has 96 valence electrons. The zero-order valence-electron chi connectivity index (χ0n) is 11.2. The average Bonchev–Trinajstić information content (AvgIpc) is 2.19. The normalized spacial score (nSPS) is 11.5. The molecule has 0 radical (unpaired) electrons. The molecule has 2 nitrogen and oxygen atoms in total. The summed E-state index contributed by atoms with van der Waals surface area (Å²) in [5.74, 6) is 1.42. The highest BCUT2D eigenvalue weighted by atomic mass is 79.9. The van der Waals surface area contributed by atoms with Gasteiger partial charge in [-0.15, -0.1) is 0 Å². The molecule has 0 saturated carbocycles. The number of nitrogens with zero attached hydrogens (tertiary/aromatic N) is 1. The van der Waals surface area contributed by atoms with Crippen LogP contribution in [0.2, 0.25) is 0 Å². The molecule has 1 heterocycles. The average molecular weight is 299 g/mol. The van der Waals surface area contributed by atoms with Crippen LogP contribution in [0.3, 0.4) is 0 Å². The highest BCUT2D eigenvalue weighted by Gasteiger charge is 2.14. The maximum Gasteiger partial charge on any atom is 0.129 e. The molecule has 0 unspecified atom stereocenters. The minimum absolute atomic E-state index is 0.524.